The number of benzene rings is 3. The highest BCUT2D eigenvalue weighted by Gasteiger charge is 2.23. The molecule has 1 unspecified atom stereocenters. The standard InChI is InChI=1S/C24H21N3O2/c28-24(26-21-12-7-9-19(17-21)18-27-16-8-15-25-27)23(20-10-3-1-4-11-20)29-22-13-5-2-6-14-22/h1-17,23H,18H2,(H,26,28). The summed E-state index contributed by atoms with van der Waals surface area (Å²) in [5.74, 6) is 0.417. The lowest BCUT2D eigenvalue weighted by atomic mass is 10.1. The van der Waals surface area contributed by atoms with Gasteiger partial charge in [-0.25, -0.2) is 0 Å². The summed E-state index contributed by atoms with van der Waals surface area (Å²) in [6.07, 6.45) is 2.90. The number of nitrogens with zero attached hydrogens (tertiary/aromatic N) is 2. The number of para-hydroxylation sites is 1. The van der Waals surface area contributed by atoms with E-state index in [1.54, 1.807) is 6.20 Å². The van der Waals surface area contributed by atoms with Gasteiger partial charge < -0.3 is 10.1 Å². The number of hydrogen-bond acceptors (Lipinski definition) is 3. The van der Waals surface area contributed by atoms with Gasteiger partial charge in [0.05, 0.1) is 6.54 Å². The van der Waals surface area contributed by atoms with Crippen LogP contribution in [0.15, 0.2) is 103 Å². The van der Waals surface area contributed by atoms with Gasteiger partial charge in [0, 0.05) is 23.6 Å². The molecule has 1 atom stereocenters. The minimum absolute atomic E-state index is 0.226. The number of amides is 1. The second-order valence-corrected chi connectivity index (χ2v) is 6.61. The van der Waals surface area contributed by atoms with Gasteiger partial charge in [-0.2, -0.15) is 5.10 Å². The Morgan fingerprint density at radius 2 is 1.69 bits per heavy atom. The van der Waals surface area contributed by atoms with Crippen molar-refractivity contribution in [2.24, 2.45) is 0 Å². The number of anilines is 1. The van der Waals surface area contributed by atoms with Gasteiger partial charge in [-0.15, -0.1) is 0 Å². The summed E-state index contributed by atoms with van der Waals surface area (Å²) in [5, 5.41) is 7.21. The lowest BCUT2D eigenvalue weighted by Gasteiger charge is -2.19. The quantitative estimate of drug-likeness (QED) is 0.504. The maximum Gasteiger partial charge on any atom is 0.270 e. The second kappa shape index (κ2) is 8.89. The van der Waals surface area contributed by atoms with Crippen LogP contribution in [0, 0.1) is 0 Å². The maximum absolute atomic E-state index is 13.1. The van der Waals surface area contributed by atoms with Gasteiger partial charge in [0.15, 0.2) is 0 Å². The molecule has 3 aromatic carbocycles. The molecule has 1 heterocycles. The van der Waals surface area contributed by atoms with Gasteiger partial charge in [-0.1, -0.05) is 60.7 Å². The van der Waals surface area contributed by atoms with Crippen molar-refractivity contribution in [3.05, 3.63) is 115 Å². The van der Waals surface area contributed by atoms with E-state index in [0.29, 0.717) is 12.3 Å². The van der Waals surface area contributed by atoms with E-state index in [0.717, 1.165) is 16.8 Å². The molecule has 0 aliphatic carbocycles. The minimum atomic E-state index is -0.756. The molecule has 5 nitrogen and oxygen atoms in total. The van der Waals surface area contributed by atoms with Crippen LogP contribution < -0.4 is 10.1 Å². The van der Waals surface area contributed by atoms with Gasteiger partial charge in [-0.05, 0) is 35.9 Å². The molecule has 0 aliphatic heterocycles. The molecule has 4 aromatic rings. The molecular formula is C24H21N3O2. The summed E-state index contributed by atoms with van der Waals surface area (Å²) in [7, 11) is 0. The van der Waals surface area contributed by atoms with E-state index >= 15 is 0 Å². The van der Waals surface area contributed by atoms with Crippen molar-refractivity contribution >= 4 is 11.6 Å². The van der Waals surface area contributed by atoms with E-state index in [9.17, 15) is 4.79 Å². The Bertz CT molecular complexity index is 1050. The van der Waals surface area contributed by atoms with Crippen LogP contribution in [0.5, 0.6) is 5.75 Å². The summed E-state index contributed by atoms with van der Waals surface area (Å²) in [6.45, 7) is 0.638. The minimum Gasteiger partial charge on any atom is -0.476 e. The van der Waals surface area contributed by atoms with Crippen molar-refractivity contribution in [2.75, 3.05) is 5.32 Å². The number of aromatic nitrogens is 2. The van der Waals surface area contributed by atoms with Crippen LogP contribution in [-0.4, -0.2) is 15.7 Å². The molecule has 1 aromatic heterocycles. The molecule has 0 aliphatic rings. The molecule has 144 valence electrons. The Morgan fingerprint density at radius 3 is 2.41 bits per heavy atom. The topological polar surface area (TPSA) is 56.2 Å². The first-order chi connectivity index (χ1) is 14.3. The molecule has 0 bridgehead atoms. The molecule has 0 fully saturated rings. The summed E-state index contributed by atoms with van der Waals surface area (Å²) in [6, 6.07) is 28.5. The summed E-state index contributed by atoms with van der Waals surface area (Å²) in [4.78, 5) is 13.1. The van der Waals surface area contributed by atoms with Crippen molar-refractivity contribution in [3.63, 3.8) is 0 Å². The number of carbonyl (C=O) groups is 1. The zero-order valence-corrected chi connectivity index (χ0v) is 15.8. The number of hydrogen-bond donors (Lipinski definition) is 1. The van der Waals surface area contributed by atoms with E-state index in [2.05, 4.69) is 10.4 Å². The number of rotatable bonds is 7. The predicted octanol–water partition coefficient (Wildman–Crippen LogP) is 4.69. The smallest absolute Gasteiger partial charge is 0.270 e. The molecule has 4 rings (SSSR count). The van der Waals surface area contributed by atoms with Crippen molar-refractivity contribution in [1.29, 1.82) is 0 Å². The highest BCUT2D eigenvalue weighted by atomic mass is 16.5. The summed E-state index contributed by atoms with van der Waals surface area (Å²) >= 11 is 0. The third-order valence-corrected chi connectivity index (χ3v) is 4.44. The number of ether oxygens (including phenoxy) is 1. The number of carbonyl (C=O) groups excluding carboxylic acids is 1. The Hall–Kier alpha value is -3.86. The Labute approximate surface area is 169 Å². The summed E-state index contributed by atoms with van der Waals surface area (Å²) in [5.41, 5.74) is 2.56. The average molecular weight is 383 g/mol. The number of nitrogens with one attached hydrogen (secondary N) is 1. The highest BCUT2D eigenvalue weighted by Crippen LogP contribution is 2.24. The van der Waals surface area contributed by atoms with Gasteiger partial charge >= 0.3 is 0 Å². The zero-order valence-electron chi connectivity index (χ0n) is 15.8. The predicted molar refractivity (Wildman–Crippen MR) is 113 cm³/mol. The third kappa shape index (κ3) is 4.90. The van der Waals surface area contributed by atoms with E-state index in [1.807, 2.05) is 102 Å². The lowest BCUT2D eigenvalue weighted by Crippen LogP contribution is -2.25. The van der Waals surface area contributed by atoms with Crippen LogP contribution in [0.25, 0.3) is 0 Å². The zero-order chi connectivity index (χ0) is 19.9. The van der Waals surface area contributed by atoms with E-state index in [1.165, 1.54) is 0 Å². The fourth-order valence-corrected chi connectivity index (χ4v) is 3.07. The van der Waals surface area contributed by atoms with E-state index in [-0.39, 0.29) is 5.91 Å². The first-order valence-corrected chi connectivity index (χ1v) is 9.42. The molecule has 5 heteroatoms. The van der Waals surface area contributed by atoms with Crippen LogP contribution >= 0.6 is 0 Å². The van der Waals surface area contributed by atoms with Crippen molar-refractivity contribution in [1.82, 2.24) is 9.78 Å². The molecule has 0 saturated carbocycles. The fourth-order valence-electron chi connectivity index (χ4n) is 3.07. The lowest BCUT2D eigenvalue weighted by molar-refractivity contribution is -0.123. The Balaban J connectivity index is 1.53. The molecule has 0 spiro atoms. The maximum atomic E-state index is 13.1. The van der Waals surface area contributed by atoms with Gasteiger partial charge in [0.25, 0.3) is 5.91 Å². The average Bonchev–Trinajstić information content (AvgIpc) is 3.26. The largest absolute Gasteiger partial charge is 0.476 e. The van der Waals surface area contributed by atoms with Crippen LogP contribution in [0.4, 0.5) is 5.69 Å². The molecule has 29 heavy (non-hydrogen) atoms. The molecule has 0 radical (unpaired) electrons. The molecule has 0 saturated heterocycles. The van der Waals surface area contributed by atoms with Crippen LogP contribution in [-0.2, 0) is 11.3 Å². The van der Waals surface area contributed by atoms with Crippen molar-refractivity contribution in [2.45, 2.75) is 12.6 Å². The monoisotopic (exact) mass is 383 g/mol. The van der Waals surface area contributed by atoms with Crippen molar-refractivity contribution in [3.8, 4) is 5.75 Å². The summed E-state index contributed by atoms with van der Waals surface area (Å²) < 4.78 is 7.86. The second-order valence-electron chi connectivity index (χ2n) is 6.61. The Morgan fingerprint density at radius 1 is 0.931 bits per heavy atom. The SMILES string of the molecule is O=C(Nc1cccc(Cn2cccn2)c1)C(Oc1ccccc1)c1ccccc1. The first-order valence-electron chi connectivity index (χ1n) is 9.42. The van der Waals surface area contributed by atoms with Crippen molar-refractivity contribution < 1.29 is 9.53 Å². The Kier molecular flexibility index (Phi) is 5.67. The first kappa shape index (κ1) is 18.5. The highest BCUT2D eigenvalue weighted by molar-refractivity contribution is 5.95. The van der Waals surface area contributed by atoms with Crippen LogP contribution in [0.3, 0.4) is 0 Å². The molecular weight excluding hydrogens is 362 g/mol. The molecule has 1 N–H and O–H groups in total. The van der Waals surface area contributed by atoms with Crippen LogP contribution in [0.2, 0.25) is 0 Å². The van der Waals surface area contributed by atoms with E-state index < -0.39 is 6.10 Å². The van der Waals surface area contributed by atoms with Gasteiger partial charge in [0.1, 0.15) is 5.75 Å². The normalized spacial score (nSPS) is 11.6. The van der Waals surface area contributed by atoms with Gasteiger partial charge in [0.2, 0.25) is 6.10 Å². The van der Waals surface area contributed by atoms with E-state index in [4.69, 9.17) is 4.74 Å². The van der Waals surface area contributed by atoms with Gasteiger partial charge in [-0.3, -0.25) is 9.48 Å². The third-order valence-electron chi connectivity index (χ3n) is 4.44. The molecule has 1 amide bonds. The fraction of sp³-hybridized carbons (Fsp3) is 0.0833. The van der Waals surface area contributed by atoms with Crippen LogP contribution in [0.1, 0.15) is 17.2 Å².